The maximum absolute atomic E-state index is 12.9. The van der Waals surface area contributed by atoms with Gasteiger partial charge in [0, 0.05) is 18.7 Å². The highest BCUT2D eigenvalue weighted by Crippen LogP contribution is 2.18. The van der Waals surface area contributed by atoms with Crippen molar-refractivity contribution in [3.8, 4) is 5.75 Å². The number of para-hydroxylation sites is 1. The van der Waals surface area contributed by atoms with E-state index in [2.05, 4.69) is 28.1 Å². The molecule has 2 aromatic carbocycles. The molecule has 3 rings (SSSR count). The number of fused-ring (bicyclic) bond motifs is 1. The molecule has 1 aliphatic heterocycles. The highest BCUT2D eigenvalue weighted by Gasteiger charge is 2.28. The number of nitrogens with one attached hydrogen (secondary N) is 3. The minimum Gasteiger partial charge on any atom is -0.496 e. The van der Waals surface area contributed by atoms with Crippen molar-refractivity contribution in [3.05, 3.63) is 65.2 Å². The maximum Gasteiger partial charge on any atom is 0.242 e. The standard InChI is InChI=1S/C24H31N3O3/c1-16(2)12-21(23(28)26-15-19-10-6-7-11-22(19)30-3)27-24(29)20-13-17-8-4-5-9-18(17)14-25-20/h4-11,16,20-21,25H,12-15H2,1-3H3,(H,26,28)(H,27,29)/t20-,21-/m1/s1. The molecule has 0 unspecified atom stereocenters. The van der Waals surface area contributed by atoms with E-state index in [1.54, 1.807) is 7.11 Å². The second-order valence-electron chi connectivity index (χ2n) is 8.13. The van der Waals surface area contributed by atoms with Gasteiger partial charge in [0.25, 0.3) is 0 Å². The van der Waals surface area contributed by atoms with Crippen LogP contribution in [0.3, 0.4) is 0 Å². The number of carbonyl (C=O) groups is 2. The van der Waals surface area contributed by atoms with E-state index in [4.69, 9.17) is 4.74 Å². The van der Waals surface area contributed by atoms with E-state index in [1.807, 2.05) is 50.2 Å². The molecule has 0 fully saturated rings. The van der Waals surface area contributed by atoms with Crippen molar-refractivity contribution < 1.29 is 14.3 Å². The number of rotatable bonds is 8. The van der Waals surface area contributed by atoms with Crippen molar-refractivity contribution in [2.24, 2.45) is 5.92 Å². The highest BCUT2D eigenvalue weighted by atomic mass is 16.5. The summed E-state index contributed by atoms with van der Waals surface area (Å²) in [4.78, 5) is 25.8. The number of hydrogen-bond donors (Lipinski definition) is 3. The smallest absolute Gasteiger partial charge is 0.242 e. The Morgan fingerprint density at radius 1 is 1.10 bits per heavy atom. The Morgan fingerprint density at radius 2 is 1.80 bits per heavy atom. The Balaban J connectivity index is 1.62. The van der Waals surface area contributed by atoms with Crippen LogP contribution >= 0.6 is 0 Å². The van der Waals surface area contributed by atoms with E-state index in [1.165, 1.54) is 11.1 Å². The van der Waals surface area contributed by atoms with Crippen LogP contribution in [0, 0.1) is 5.92 Å². The van der Waals surface area contributed by atoms with Gasteiger partial charge in [-0.2, -0.15) is 0 Å². The second kappa shape index (κ2) is 10.3. The van der Waals surface area contributed by atoms with Gasteiger partial charge < -0.3 is 20.7 Å². The first-order chi connectivity index (χ1) is 14.5. The fourth-order valence-electron chi connectivity index (χ4n) is 3.77. The largest absolute Gasteiger partial charge is 0.496 e. The van der Waals surface area contributed by atoms with Crippen molar-refractivity contribution >= 4 is 11.8 Å². The number of benzene rings is 2. The summed E-state index contributed by atoms with van der Waals surface area (Å²) in [6.07, 6.45) is 1.20. The van der Waals surface area contributed by atoms with Crippen LogP contribution in [-0.4, -0.2) is 31.0 Å². The lowest BCUT2D eigenvalue weighted by molar-refractivity contribution is -0.130. The Labute approximate surface area is 178 Å². The molecule has 0 radical (unpaired) electrons. The maximum atomic E-state index is 12.9. The Morgan fingerprint density at radius 3 is 2.53 bits per heavy atom. The van der Waals surface area contributed by atoms with E-state index >= 15 is 0 Å². The van der Waals surface area contributed by atoms with Crippen molar-refractivity contribution in [2.75, 3.05) is 7.11 Å². The lowest BCUT2D eigenvalue weighted by atomic mass is 9.95. The molecule has 0 aliphatic carbocycles. The summed E-state index contributed by atoms with van der Waals surface area (Å²) < 4.78 is 5.35. The molecule has 6 heteroatoms. The molecule has 30 heavy (non-hydrogen) atoms. The first kappa shape index (κ1) is 21.8. The number of amides is 2. The predicted octanol–water partition coefficient (Wildman–Crippen LogP) is 2.56. The van der Waals surface area contributed by atoms with Gasteiger partial charge in [0.1, 0.15) is 11.8 Å². The molecule has 2 atom stereocenters. The highest BCUT2D eigenvalue weighted by molar-refractivity contribution is 5.90. The van der Waals surface area contributed by atoms with Crippen LogP contribution in [0.15, 0.2) is 48.5 Å². The zero-order chi connectivity index (χ0) is 21.5. The lowest BCUT2D eigenvalue weighted by Crippen LogP contribution is -2.54. The summed E-state index contributed by atoms with van der Waals surface area (Å²) >= 11 is 0. The molecule has 1 heterocycles. The van der Waals surface area contributed by atoms with E-state index < -0.39 is 6.04 Å². The summed E-state index contributed by atoms with van der Waals surface area (Å²) in [7, 11) is 1.61. The minimum absolute atomic E-state index is 0.136. The van der Waals surface area contributed by atoms with E-state index in [9.17, 15) is 9.59 Å². The topological polar surface area (TPSA) is 79.5 Å². The molecule has 0 saturated carbocycles. The summed E-state index contributed by atoms with van der Waals surface area (Å²) in [6.45, 7) is 5.09. The third kappa shape index (κ3) is 5.60. The van der Waals surface area contributed by atoms with Gasteiger partial charge in [-0.15, -0.1) is 0 Å². The van der Waals surface area contributed by atoms with Crippen molar-refractivity contribution in [1.29, 1.82) is 0 Å². The van der Waals surface area contributed by atoms with Gasteiger partial charge in [-0.3, -0.25) is 9.59 Å². The van der Waals surface area contributed by atoms with Crippen molar-refractivity contribution in [2.45, 2.75) is 51.9 Å². The average Bonchev–Trinajstić information content (AvgIpc) is 2.76. The fraction of sp³-hybridized carbons (Fsp3) is 0.417. The van der Waals surface area contributed by atoms with Crippen molar-refractivity contribution in [1.82, 2.24) is 16.0 Å². The molecule has 6 nitrogen and oxygen atoms in total. The number of methoxy groups -OCH3 is 1. The molecular formula is C24H31N3O3. The molecule has 3 N–H and O–H groups in total. The molecule has 160 valence electrons. The molecule has 2 aromatic rings. The van der Waals surface area contributed by atoms with E-state index in [-0.39, 0.29) is 23.8 Å². The average molecular weight is 410 g/mol. The number of hydrogen-bond acceptors (Lipinski definition) is 4. The fourth-order valence-corrected chi connectivity index (χ4v) is 3.77. The van der Waals surface area contributed by atoms with Crippen LogP contribution in [0.4, 0.5) is 0 Å². The number of carbonyl (C=O) groups excluding carboxylic acids is 2. The molecular weight excluding hydrogens is 378 g/mol. The first-order valence-electron chi connectivity index (χ1n) is 10.5. The zero-order valence-corrected chi connectivity index (χ0v) is 17.9. The SMILES string of the molecule is COc1ccccc1CNC(=O)[C@@H](CC(C)C)NC(=O)[C@H]1Cc2ccccc2CN1. The molecule has 0 saturated heterocycles. The van der Waals surface area contributed by atoms with Crippen LogP contribution in [0.25, 0.3) is 0 Å². The Hall–Kier alpha value is -2.86. The number of ether oxygens (including phenoxy) is 1. The van der Waals surface area contributed by atoms with Gasteiger partial charge >= 0.3 is 0 Å². The molecule has 1 aliphatic rings. The van der Waals surface area contributed by atoms with E-state index in [0.29, 0.717) is 25.9 Å². The third-order valence-corrected chi connectivity index (χ3v) is 5.38. The van der Waals surface area contributed by atoms with Crippen LogP contribution in [0.1, 0.15) is 37.0 Å². The lowest BCUT2D eigenvalue weighted by Gasteiger charge is -2.28. The first-order valence-corrected chi connectivity index (χ1v) is 10.5. The predicted molar refractivity (Wildman–Crippen MR) is 117 cm³/mol. The van der Waals surface area contributed by atoms with Gasteiger partial charge in [0.05, 0.1) is 13.2 Å². The minimum atomic E-state index is -0.578. The second-order valence-corrected chi connectivity index (χ2v) is 8.13. The Kier molecular flexibility index (Phi) is 7.46. The zero-order valence-electron chi connectivity index (χ0n) is 17.9. The molecule has 0 spiro atoms. The molecule has 0 aromatic heterocycles. The van der Waals surface area contributed by atoms with Crippen LogP contribution in [0.5, 0.6) is 5.75 Å². The van der Waals surface area contributed by atoms with Gasteiger partial charge in [-0.25, -0.2) is 0 Å². The van der Waals surface area contributed by atoms with Gasteiger partial charge in [0.15, 0.2) is 0 Å². The summed E-state index contributed by atoms with van der Waals surface area (Å²) in [5.41, 5.74) is 3.29. The van der Waals surface area contributed by atoms with E-state index in [0.717, 1.165) is 11.3 Å². The summed E-state index contributed by atoms with van der Waals surface area (Å²) in [6, 6.07) is 14.8. The quantitative estimate of drug-likeness (QED) is 0.626. The monoisotopic (exact) mass is 409 g/mol. The Bertz CT molecular complexity index is 882. The van der Waals surface area contributed by atoms with Crippen LogP contribution < -0.4 is 20.7 Å². The normalized spacial score (nSPS) is 16.5. The van der Waals surface area contributed by atoms with Crippen LogP contribution in [0.2, 0.25) is 0 Å². The third-order valence-electron chi connectivity index (χ3n) is 5.38. The summed E-state index contributed by atoms with van der Waals surface area (Å²) in [5, 5.41) is 9.20. The molecule has 0 bridgehead atoms. The van der Waals surface area contributed by atoms with Gasteiger partial charge in [-0.05, 0) is 36.0 Å². The summed E-state index contributed by atoms with van der Waals surface area (Å²) in [5.74, 6) is 0.682. The molecule has 2 amide bonds. The van der Waals surface area contributed by atoms with Crippen LogP contribution in [-0.2, 0) is 29.1 Å². The van der Waals surface area contributed by atoms with Gasteiger partial charge in [-0.1, -0.05) is 56.3 Å². The van der Waals surface area contributed by atoms with Gasteiger partial charge in [0.2, 0.25) is 11.8 Å². The van der Waals surface area contributed by atoms with Crippen molar-refractivity contribution in [3.63, 3.8) is 0 Å².